The molecule has 0 fully saturated rings. The van der Waals surface area contributed by atoms with Crippen LogP contribution in [-0.2, 0) is 6.54 Å². The lowest BCUT2D eigenvalue weighted by atomic mass is 10.4. The summed E-state index contributed by atoms with van der Waals surface area (Å²) in [5.74, 6) is 1.66. The fourth-order valence-corrected chi connectivity index (χ4v) is 1.28. The quantitative estimate of drug-likeness (QED) is 0.724. The number of imidazole rings is 1. The number of nitrogens with zero attached hydrogens (tertiary/aromatic N) is 3. The standard InChI is InChI=1S/C9H13N5/c1-14(2)8-4-3-6-9(13-8)12-7(5-10)11-6/h3-4H,5,10H2,1-2H3,(H,11,12,13). The van der Waals surface area contributed by atoms with E-state index in [2.05, 4.69) is 15.0 Å². The van der Waals surface area contributed by atoms with Crippen LogP contribution in [0.15, 0.2) is 12.1 Å². The first-order valence-corrected chi connectivity index (χ1v) is 4.43. The molecule has 0 unspecified atom stereocenters. The highest BCUT2D eigenvalue weighted by atomic mass is 15.1. The molecule has 5 heteroatoms. The zero-order valence-corrected chi connectivity index (χ0v) is 8.28. The van der Waals surface area contributed by atoms with Gasteiger partial charge in [0.2, 0.25) is 0 Å². The molecule has 3 N–H and O–H groups in total. The molecule has 0 saturated carbocycles. The predicted octanol–water partition coefficient (Wildman–Crippen LogP) is 0.483. The highest BCUT2D eigenvalue weighted by molar-refractivity contribution is 5.73. The number of nitrogens with one attached hydrogen (secondary N) is 1. The van der Waals surface area contributed by atoms with Crippen molar-refractivity contribution in [2.45, 2.75) is 6.54 Å². The van der Waals surface area contributed by atoms with Crippen molar-refractivity contribution in [3.63, 3.8) is 0 Å². The lowest BCUT2D eigenvalue weighted by molar-refractivity contribution is 0.956. The van der Waals surface area contributed by atoms with Gasteiger partial charge >= 0.3 is 0 Å². The van der Waals surface area contributed by atoms with Gasteiger partial charge < -0.3 is 15.6 Å². The number of hydrogen-bond acceptors (Lipinski definition) is 4. The van der Waals surface area contributed by atoms with E-state index in [1.165, 1.54) is 0 Å². The van der Waals surface area contributed by atoms with Crippen molar-refractivity contribution in [3.05, 3.63) is 18.0 Å². The molecular formula is C9H13N5. The van der Waals surface area contributed by atoms with Crippen LogP contribution in [0.5, 0.6) is 0 Å². The molecule has 0 aliphatic rings. The van der Waals surface area contributed by atoms with Crippen LogP contribution in [0.25, 0.3) is 11.2 Å². The molecule has 2 heterocycles. The molecular weight excluding hydrogens is 178 g/mol. The van der Waals surface area contributed by atoms with Gasteiger partial charge in [-0.3, -0.25) is 0 Å². The van der Waals surface area contributed by atoms with Gasteiger partial charge in [-0.15, -0.1) is 0 Å². The summed E-state index contributed by atoms with van der Waals surface area (Å²) in [5, 5.41) is 0. The molecule has 2 aromatic rings. The van der Waals surface area contributed by atoms with Crippen molar-refractivity contribution in [1.82, 2.24) is 15.0 Å². The SMILES string of the molecule is CN(C)c1ccc2[nH]c(CN)nc2n1. The Labute approximate surface area is 82.0 Å². The monoisotopic (exact) mass is 191 g/mol. The third-order valence-corrected chi connectivity index (χ3v) is 2.03. The number of hydrogen-bond donors (Lipinski definition) is 2. The van der Waals surface area contributed by atoms with Gasteiger partial charge in [0, 0.05) is 14.1 Å². The average Bonchev–Trinajstić information content (AvgIpc) is 2.58. The number of aromatic nitrogens is 3. The van der Waals surface area contributed by atoms with Crippen LogP contribution >= 0.6 is 0 Å². The van der Waals surface area contributed by atoms with E-state index in [0.717, 1.165) is 22.8 Å². The first-order valence-electron chi connectivity index (χ1n) is 4.43. The molecule has 5 nitrogen and oxygen atoms in total. The Kier molecular flexibility index (Phi) is 2.09. The minimum atomic E-state index is 0.410. The molecule has 2 rings (SSSR count). The number of nitrogens with two attached hydrogens (primary N) is 1. The van der Waals surface area contributed by atoms with Crippen molar-refractivity contribution in [3.8, 4) is 0 Å². The molecule has 0 aromatic carbocycles. The Morgan fingerprint density at radius 2 is 2.14 bits per heavy atom. The Morgan fingerprint density at radius 3 is 2.79 bits per heavy atom. The van der Waals surface area contributed by atoms with Gasteiger partial charge in [0.25, 0.3) is 0 Å². The van der Waals surface area contributed by atoms with E-state index in [-0.39, 0.29) is 0 Å². The Morgan fingerprint density at radius 1 is 1.36 bits per heavy atom. The van der Waals surface area contributed by atoms with Crippen molar-refractivity contribution in [1.29, 1.82) is 0 Å². The maximum absolute atomic E-state index is 5.48. The second kappa shape index (κ2) is 3.26. The minimum Gasteiger partial charge on any atom is -0.363 e. The average molecular weight is 191 g/mol. The molecule has 0 bridgehead atoms. The maximum Gasteiger partial charge on any atom is 0.179 e. The number of H-pyrrole nitrogens is 1. The van der Waals surface area contributed by atoms with Crippen LogP contribution in [0.4, 0.5) is 5.82 Å². The molecule has 0 amide bonds. The van der Waals surface area contributed by atoms with Gasteiger partial charge in [0.1, 0.15) is 11.6 Å². The van der Waals surface area contributed by atoms with E-state index < -0.39 is 0 Å². The third kappa shape index (κ3) is 1.42. The van der Waals surface area contributed by atoms with E-state index in [4.69, 9.17) is 5.73 Å². The Balaban J connectivity index is 2.54. The highest BCUT2D eigenvalue weighted by Crippen LogP contribution is 2.14. The highest BCUT2D eigenvalue weighted by Gasteiger charge is 2.04. The number of anilines is 1. The maximum atomic E-state index is 5.48. The van der Waals surface area contributed by atoms with E-state index >= 15 is 0 Å². The van der Waals surface area contributed by atoms with Crippen molar-refractivity contribution < 1.29 is 0 Å². The van der Waals surface area contributed by atoms with Crippen molar-refractivity contribution in [2.75, 3.05) is 19.0 Å². The topological polar surface area (TPSA) is 70.8 Å². The summed E-state index contributed by atoms with van der Waals surface area (Å²) in [4.78, 5) is 13.7. The summed E-state index contributed by atoms with van der Waals surface area (Å²) in [6.45, 7) is 0.410. The van der Waals surface area contributed by atoms with Gasteiger partial charge in [-0.05, 0) is 12.1 Å². The van der Waals surface area contributed by atoms with Crippen LogP contribution < -0.4 is 10.6 Å². The zero-order valence-electron chi connectivity index (χ0n) is 8.28. The van der Waals surface area contributed by atoms with Crippen LogP contribution in [0, 0.1) is 0 Å². The Hall–Kier alpha value is -1.62. The van der Waals surface area contributed by atoms with Gasteiger partial charge in [-0.2, -0.15) is 0 Å². The summed E-state index contributed by atoms with van der Waals surface area (Å²) < 4.78 is 0. The van der Waals surface area contributed by atoms with E-state index in [0.29, 0.717) is 6.54 Å². The van der Waals surface area contributed by atoms with Crippen molar-refractivity contribution in [2.24, 2.45) is 5.73 Å². The van der Waals surface area contributed by atoms with Crippen LogP contribution in [0.3, 0.4) is 0 Å². The smallest absolute Gasteiger partial charge is 0.179 e. The summed E-state index contributed by atoms with van der Waals surface area (Å²) in [5.41, 5.74) is 7.13. The summed E-state index contributed by atoms with van der Waals surface area (Å²) >= 11 is 0. The van der Waals surface area contributed by atoms with Crippen LogP contribution in [0.2, 0.25) is 0 Å². The van der Waals surface area contributed by atoms with E-state index in [1.54, 1.807) is 0 Å². The first kappa shape index (κ1) is 8.96. The van der Waals surface area contributed by atoms with E-state index in [1.807, 2.05) is 31.1 Å². The van der Waals surface area contributed by atoms with Crippen LogP contribution in [-0.4, -0.2) is 29.0 Å². The molecule has 0 spiro atoms. The number of aromatic amines is 1. The number of fused-ring (bicyclic) bond motifs is 1. The minimum absolute atomic E-state index is 0.410. The molecule has 0 atom stereocenters. The largest absolute Gasteiger partial charge is 0.363 e. The summed E-state index contributed by atoms with van der Waals surface area (Å²) in [7, 11) is 3.90. The number of pyridine rings is 1. The van der Waals surface area contributed by atoms with Gasteiger partial charge in [-0.25, -0.2) is 9.97 Å². The fraction of sp³-hybridized carbons (Fsp3) is 0.333. The van der Waals surface area contributed by atoms with Gasteiger partial charge in [0.05, 0.1) is 12.1 Å². The lowest BCUT2D eigenvalue weighted by Crippen LogP contribution is -2.10. The molecule has 0 saturated heterocycles. The second-order valence-corrected chi connectivity index (χ2v) is 3.32. The predicted molar refractivity (Wildman–Crippen MR) is 56.1 cm³/mol. The normalized spacial score (nSPS) is 10.8. The van der Waals surface area contributed by atoms with Gasteiger partial charge in [-0.1, -0.05) is 0 Å². The van der Waals surface area contributed by atoms with E-state index in [9.17, 15) is 0 Å². The first-order chi connectivity index (χ1) is 6.70. The summed E-state index contributed by atoms with van der Waals surface area (Å²) in [6, 6.07) is 3.91. The van der Waals surface area contributed by atoms with Gasteiger partial charge in [0.15, 0.2) is 5.65 Å². The zero-order chi connectivity index (χ0) is 10.1. The molecule has 2 aromatic heterocycles. The molecule has 0 aliphatic heterocycles. The molecule has 0 radical (unpaired) electrons. The summed E-state index contributed by atoms with van der Waals surface area (Å²) in [6.07, 6.45) is 0. The third-order valence-electron chi connectivity index (χ3n) is 2.03. The fourth-order valence-electron chi connectivity index (χ4n) is 1.28. The molecule has 14 heavy (non-hydrogen) atoms. The molecule has 74 valence electrons. The Bertz CT molecular complexity index is 445. The molecule has 0 aliphatic carbocycles. The second-order valence-electron chi connectivity index (χ2n) is 3.32. The lowest BCUT2D eigenvalue weighted by Gasteiger charge is -2.09. The number of rotatable bonds is 2. The van der Waals surface area contributed by atoms with Crippen LogP contribution in [0.1, 0.15) is 5.82 Å². The van der Waals surface area contributed by atoms with Crippen molar-refractivity contribution >= 4 is 17.0 Å².